The molecule has 0 heterocycles. The number of rotatable bonds is 6. The van der Waals surface area contributed by atoms with Crippen LogP contribution in [0.1, 0.15) is 20.3 Å². The van der Waals surface area contributed by atoms with Crippen molar-refractivity contribution in [2.45, 2.75) is 26.4 Å². The van der Waals surface area contributed by atoms with Crippen LogP contribution < -0.4 is 15.4 Å². The first-order valence-corrected chi connectivity index (χ1v) is 7.97. The smallest absolute Gasteiger partial charge is 0.265 e. The predicted octanol–water partition coefficient (Wildman–Crippen LogP) is 4.09. The predicted molar refractivity (Wildman–Crippen MR) is 95.5 cm³/mol. The van der Waals surface area contributed by atoms with Crippen molar-refractivity contribution < 1.29 is 14.3 Å². The van der Waals surface area contributed by atoms with E-state index in [4.69, 9.17) is 16.3 Å². The SMILES string of the molecule is CC[C@@H](Oc1ccccc1Cl)C(=O)Nc1cccc(NC(C)=O)c1. The van der Waals surface area contributed by atoms with Crippen molar-refractivity contribution in [3.05, 3.63) is 53.6 Å². The summed E-state index contributed by atoms with van der Waals surface area (Å²) < 4.78 is 5.71. The van der Waals surface area contributed by atoms with Crippen LogP contribution in [-0.4, -0.2) is 17.9 Å². The molecular weight excluding hydrogens is 328 g/mol. The molecule has 2 aromatic carbocycles. The third-order valence-corrected chi connectivity index (χ3v) is 3.53. The van der Waals surface area contributed by atoms with Gasteiger partial charge in [0.15, 0.2) is 6.10 Å². The second kappa shape index (κ2) is 8.36. The lowest BCUT2D eigenvalue weighted by Gasteiger charge is -2.18. The van der Waals surface area contributed by atoms with Gasteiger partial charge in [0.1, 0.15) is 5.75 Å². The van der Waals surface area contributed by atoms with Crippen LogP contribution >= 0.6 is 11.6 Å². The van der Waals surface area contributed by atoms with Gasteiger partial charge in [-0.1, -0.05) is 36.7 Å². The Bertz CT molecular complexity index is 734. The maximum atomic E-state index is 12.4. The van der Waals surface area contributed by atoms with Crippen molar-refractivity contribution in [2.75, 3.05) is 10.6 Å². The number of para-hydroxylation sites is 1. The Morgan fingerprint density at radius 3 is 2.38 bits per heavy atom. The quantitative estimate of drug-likeness (QED) is 0.827. The van der Waals surface area contributed by atoms with E-state index in [0.29, 0.717) is 28.6 Å². The highest BCUT2D eigenvalue weighted by molar-refractivity contribution is 6.32. The summed E-state index contributed by atoms with van der Waals surface area (Å²) in [6.45, 7) is 3.28. The largest absolute Gasteiger partial charge is 0.479 e. The molecular formula is C18H19ClN2O3. The van der Waals surface area contributed by atoms with Crippen LogP contribution in [0.3, 0.4) is 0 Å². The van der Waals surface area contributed by atoms with E-state index >= 15 is 0 Å². The van der Waals surface area contributed by atoms with Gasteiger partial charge in [0.2, 0.25) is 5.91 Å². The maximum Gasteiger partial charge on any atom is 0.265 e. The lowest BCUT2D eigenvalue weighted by Crippen LogP contribution is -2.32. The number of anilines is 2. The van der Waals surface area contributed by atoms with E-state index in [1.165, 1.54) is 6.92 Å². The minimum atomic E-state index is -0.672. The fraction of sp³-hybridized carbons (Fsp3) is 0.222. The number of hydrogen-bond acceptors (Lipinski definition) is 3. The second-order valence-electron chi connectivity index (χ2n) is 5.20. The van der Waals surface area contributed by atoms with Gasteiger partial charge >= 0.3 is 0 Å². The molecule has 2 amide bonds. The molecule has 6 heteroatoms. The van der Waals surface area contributed by atoms with Crippen molar-refractivity contribution in [1.82, 2.24) is 0 Å². The molecule has 5 nitrogen and oxygen atoms in total. The Hall–Kier alpha value is -2.53. The Kier molecular flexibility index (Phi) is 6.21. The lowest BCUT2D eigenvalue weighted by atomic mass is 10.2. The van der Waals surface area contributed by atoms with Crippen LogP contribution in [0.15, 0.2) is 48.5 Å². The number of carbonyl (C=O) groups is 2. The maximum absolute atomic E-state index is 12.4. The van der Waals surface area contributed by atoms with Crippen molar-refractivity contribution in [3.8, 4) is 5.75 Å². The van der Waals surface area contributed by atoms with Crippen molar-refractivity contribution in [1.29, 1.82) is 0 Å². The molecule has 0 aromatic heterocycles. The number of nitrogens with one attached hydrogen (secondary N) is 2. The highest BCUT2D eigenvalue weighted by Crippen LogP contribution is 2.25. The van der Waals surface area contributed by atoms with Crippen molar-refractivity contribution in [2.24, 2.45) is 0 Å². The molecule has 0 saturated carbocycles. The van der Waals surface area contributed by atoms with E-state index in [1.54, 1.807) is 48.5 Å². The monoisotopic (exact) mass is 346 g/mol. The number of carbonyl (C=O) groups excluding carboxylic acids is 2. The van der Waals surface area contributed by atoms with E-state index in [1.807, 2.05) is 6.92 Å². The van der Waals surface area contributed by atoms with Crippen LogP contribution in [0.4, 0.5) is 11.4 Å². The molecule has 2 rings (SSSR count). The summed E-state index contributed by atoms with van der Waals surface area (Å²) in [5.41, 5.74) is 1.19. The second-order valence-corrected chi connectivity index (χ2v) is 5.60. The van der Waals surface area contributed by atoms with Crippen molar-refractivity contribution >= 4 is 34.8 Å². The summed E-state index contributed by atoms with van der Waals surface area (Å²) in [6, 6.07) is 13.9. The number of halogens is 1. The van der Waals surface area contributed by atoms with Gasteiger partial charge in [-0.15, -0.1) is 0 Å². The average Bonchev–Trinajstić information content (AvgIpc) is 2.53. The summed E-state index contributed by atoms with van der Waals surface area (Å²) in [7, 11) is 0. The Morgan fingerprint density at radius 1 is 1.08 bits per heavy atom. The van der Waals surface area contributed by atoms with Gasteiger partial charge in [0.05, 0.1) is 5.02 Å². The molecule has 126 valence electrons. The third-order valence-electron chi connectivity index (χ3n) is 3.22. The van der Waals surface area contributed by atoms with Gasteiger partial charge < -0.3 is 15.4 Å². The van der Waals surface area contributed by atoms with Gasteiger partial charge in [0.25, 0.3) is 5.91 Å². The van der Waals surface area contributed by atoms with Gasteiger partial charge in [-0.25, -0.2) is 0 Å². The molecule has 0 aliphatic rings. The van der Waals surface area contributed by atoms with Crippen LogP contribution in [0.25, 0.3) is 0 Å². The normalized spacial score (nSPS) is 11.5. The summed E-state index contributed by atoms with van der Waals surface area (Å²) >= 11 is 6.06. The number of benzene rings is 2. The van der Waals surface area contributed by atoms with Crippen LogP contribution in [0, 0.1) is 0 Å². The fourth-order valence-corrected chi connectivity index (χ4v) is 2.30. The minimum absolute atomic E-state index is 0.174. The molecule has 0 fully saturated rings. The van der Waals surface area contributed by atoms with Gasteiger partial charge in [-0.05, 0) is 36.8 Å². The lowest BCUT2D eigenvalue weighted by molar-refractivity contribution is -0.122. The first kappa shape index (κ1) is 17.8. The molecule has 1 atom stereocenters. The van der Waals surface area contributed by atoms with Crippen LogP contribution in [-0.2, 0) is 9.59 Å². The molecule has 2 N–H and O–H groups in total. The zero-order valence-electron chi connectivity index (χ0n) is 13.5. The van der Waals surface area contributed by atoms with Gasteiger partial charge in [-0.3, -0.25) is 9.59 Å². The standard InChI is InChI=1S/C18H19ClN2O3/c1-3-16(24-17-10-5-4-9-15(17)19)18(23)21-14-8-6-7-13(11-14)20-12(2)22/h4-11,16H,3H2,1-2H3,(H,20,22)(H,21,23)/t16-/m1/s1. The molecule has 24 heavy (non-hydrogen) atoms. The first-order valence-electron chi connectivity index (χ1n) is 7.59. The number of ether oxygens (including phenoxy) is 1. The molecule has 0 spiro atoms. The van der Waals surface area contributed by atoms with Gasteiger partial charge in [-0.2, -0.15) is 0 Å². The first-order chi connectivity index (χ1) is 11.5. The van der Waals surface area contributed by atoms with E-state index in [-0.39, 0.29) is 11.8 Å². The van der Waals surface area contributed by atoms with Crippen LogP contribution in [0.2, 0.25) is 5.02 Å². The Labute approximate surface area is 146 Å². The summed E-state index contributed by atoms with van der Waals surface area (Å²) in [5.74, 6) is 0.0116. The molecule has 0 aliphatic carbocycles. The average molecular weight is 347 g/mol. The van der Waals surface area contributed by atoms with E-state index in [2.05, 4.69) is 10.6 Å². The van der Waals surface area contributed by atoms with Gasteiger partial charge in [0, 0.05) is 18.3 Å². The number of amides is 2. The summed E-state index contributed by atoms with van der Waals surface area (Å²) in [5, 5.41) is 5.91. The Morgan fingerprint density at radius 2 is 1.75 bits per heavy atom. The zero-order valence-corrected chi connectivity index (χ0v) is 14.3. The van der Waals surface area contributed by atoms with Crippen LogP contribution in [0.5, 0.6) is 5.75 Å². The highest BCUT2D eigenvalue weighted by Gasteiger charge is 2.19. The topological polar surface area (TPSA) is 67.4 Å². The fourth-order valence-electron chi connectivity index (χ4n) is 2.12. The van der Waals surface area contributed by atoms with E-state index in [0.717, 1.165) is 0 Å². The molecule has 2 aromatic rings. The molecule has 0 bridgehead atoms. The Balaban J connectivity index is 2.07. The highest BCUT2D eigenvalue weighted by atomic mass is 35.5. The zero-order chi connectivity index (χ0) is 17.5. The van der Waals surface area contributed by atoms with E-state index in [9.17, 15) is 9.59 Å². The number of hydrogen-bond donors (Lipinski definition) is 2. The third kappa shape index (κ3) is 4.99. The molecule has 0 saturated heterocycles. The van der Waals surface area contributed by atoms with E-state index < -0.39 is 6.10 Å². The molecule has 0 radical (unpaired) electrons. The van der Waals surface area contributed by atoms with Crippen molar-refractivity contribution in [3.63, 3.8) is 0 Å². The summed E-state index contributed by atoms with van der Waals surface area (Å²) in [6.07, 6.45) is -0.183. The minimum Gasteiger partial charge on any atom is -0.479 e. The molecule has 0 unspecified atom stereocenters. The summed E-state index contributed by atoms with van der Waals surface area (Å²) in [4.78, 5) is 23.5. The molecule has 0 aliphatic heterocycles.